The van der Waals surface area contributed by atoms with Gasteiger partial charge in [-0.05, 0) is 52.8 Å². The summed E-state index contributed by atoms with van der Waals surface area (Å²) in [7, 11) is 0. The largest absolute Gasteiger partial charge is 0.449 e. The van der Waals surface area contributed by atoms with Crippen LogP contribution in [0.2, 0.25) is 0 Å². The van der Waals surface area contributed by atoms with E-state index in [1.54, 1.807) is 0 Å². The van der Waals surface area contributed by atoms with Gasteiger partial charge < -0.3 is 15.2 Å². The summed E-state index contributed by atoms with van der Waals surface area (Å²) in [5, 5.41) is 11.6. The zero-order valence-corrected chi connectivity index (χ0v) is 17.3. The fraction of sp³-hybridized carbons (Fsp3) is 0.222. The van der Waals surface area contributed by atoms with Crippen LogP contribution in [0, 0.1) is 11.8 Å². The Kier molecular flexibility index (Phi) is 6.66. The number of nitrogens with one attached hydrogen (secondary N) is 1. The van der Waals surface area contributed by atoms with Crippen molar-refractivity contribution in [2.45, 2.75) is 18.8 Å². The Bertz CT molecular complexity index is 1060. The van der Waals surface area contributed by atoms with Crippen molar-refractivity contribution in [2.24, 2.45) is 0 Å². The normalized spacial score (nSPS) is 11.8. The minimum absolute atomic E-state index is 0.0496. The minimum Gasteiger partial charge on any atom is -0.449 e. The van der Waals surface area contributed by atoms with Gasteiger partial charge in [-0.3, -0.25) is 0 Å². The van der Waals surface area contributed by atoms with Crippen LogP contribution in [0.1, 0.15) is 34.6 Å². The number of hydrogen-bond acceptors (Lipinski definition) is 3. The second-order valence-corrected chi connectivity index (χ2v) is 7.50. The summed E-state index contributed by atoms with van der Waals surface area (Å²) in [5.41, 5.74) is 6.87. The Morgan fingerprint density at radius 3 is 2.23 bits per heavy atom. The summed E-state index contributed by atoms with van der Waals surface area (Å²) in [6, 6.07) is 24.5. The number of ether oxygens (including phenoxy) is 1. The molecule has 0 fully saturated rings. The molecule has 0 spiro atoms. The molecule has 4 rings (SSSR count). The molecule has 1 aliphatic rings. The molecule has 2 N–H and O–H groups in total. The first kappa shape index (κ1) is 20.7. The number of rotatable bonds is 6. The lowest BCUT2D eigenvalue weighted by atomic mass is 9.98. The number of hydrogen-bond donors (Lipinski definition) is 2. The average Bonchev–Trinajstić information content (AvgIpc) is 3.14. The number of aliphatic hydroxyl groups is 1. The van der Waals surface area contributed by atoms with E-state index < -0.39 is 6.09 Å². The van der Waals surface area contributed by atoms with Crippen LogP contribution in [0.5, 0.6) is 0 Å². The van der Waals surface area contributed by atoms with E-state index in [1.807, 2.05) is 48.5 Å². The summed E-state index contributed by atoms with van der Waals surface area (Å²) in [6.45, 7) is 0.717. The van der Waals surface area contributed by atoms with Crippen LogP contribution >= 0.6 is 0 Å². The van der Waals surface area contributed by atoms with Crippen molar-refractivity contribution >= 4 is 6.09 Å². The maximum Gasteiger partial charge on any atom is 0.407 e. The Morgan fingerprint density at radius 1 is 0.935 bits per heavy atom. The monoisotopic (exact) mass is 411 g/mol. The topological polar surface area (TPSA) is 58.6 Å². The molecule has 0 saturated heterocycles. The first-order chi connectivity index (χ1) is 15.3. The van der Waals surface area contributed by atoms with Gasteiger partial charge >= 0.3 is 6.09 Å². The smallest absolute Gasteiger partial charge is 0.407 e. The molecule has 0 saturated carbocycles. The molecule has 0 radical (unpaired) electrons. The van der Waals surface area contributed by atoms with Crippen LogP contribution in [-0.4, -0.2) is 31.0 Å². The third-order valence-electron chi connectivity index (χ3n) is 5.48. The lowest BCUT2D eigenvalue weighted by molar-refractivity contribution is 0.144. The molecular formula is C27H25NO3. The Balaban J connectivity index is 1.28. The van der Waals surface area contributed by atoms with Crippen molar-refractivity contribution in [3.63, 3.8) is 0 Å². The lowest BCUT2D eigenvalue weighted by Crippen LogP contribution is -2.26. The fourth-order valence-electron chi connectivity index (χ4n) is 3.95. The van der Waals surface area contributed by atoms with E-state index in [0.29, 0.717) is 6.61 Å². The van der Waals surface area contributed by atoms with Crippen LogP contribution in [0.15, 0.2) is 72.8 Å². The van der Waals surface area contributed by atoms with Gasteiger partial charge in [0.05, 0.1) is 6.54 Å². The van der Waals surface area contributed by atoms with Gasteiger partial charge in [0.2, 0.25) is 0 Å². The molecule has 3 aromatic rings. The highest BCUT2D eigenvalue weighted by atomic mass is 16.5. The first-order valence-corrected chi connectivity index (χ1v) is 10.5. The van der Waals surface area contributed by atoms with E-state index in [0.717, 1.165) is 18.4 Å². The van der Waals surface area contributed by atoms with E-state index in [4.69, 9.17) is 9.84 Å². The SMILES string of the molecule is O=C(NCC#Cc1ccc(CCCO)cc1)OCC1c2ccccc2-c2ccccc21. The van der Waals surface area contributed by atoms with Gasteiger partial charge in [0, 0.05) is 18.1 Å². The number of aryl methyl sites for hydroxylation is 1. The number of aliphatic hydroxyl groups excluding tert-OH is 1. The number of benzene rings is 3. The number of amides is 1. The van der Waals surface area contributed by atoms with Crippen molar-refractivity contribution in [1.29, 1.82) is 0 Å². The summed E-state index contributed by atoms with van der Waals surface area (Å²) in [4.78, 5) is 12.2. The van der Waals surface area contributed by atoms with Crippen molar-refractivity contribution in [3.05, 3.63) is 95.1 Å². The molecule has 0 bridgehead atoms. The highest BCUT2D eigenvalue weighted by Crippen LogP contribution is 2.44. The molecule has 0 heterocycles. The molecule has 0 aromatic heterocycles. The van der Waals surface area contributed by atoms with Gasteiger partial charge in [-0.1, -0.05) is 72.5 Å². The standard InChI is InChI=1S/C27H25NO3/c29-18-6-8-21-15-13-20(14-16-21)7-5-17-28-27(30)31-19-26-24-11-3-1-9-22(24)23-10-2-4-12-25(23)26/h1-4,9-16,26,29H,6,8,17-19H2,(H,28,30). The van der Waals surface area contributed by atoms with Gasteiger partial charge in [0.25, 0.3) is 0 Å². The van der Waals surface area contributed by atoms with Gasteiger partial charge in [0.15, 0.2) is 0 Å². The number of carbonyl (C=O) groups is 1. The highest BCUT2D eigenvalue weighted by molar-refractivity contribution is 5.79. The summed E-state index contributed by atoms with van der Waals surface area (Å²) >= 11 is 0. The Hall–Kier alpha value is -3.55. The summed E-state index contributed by atoms with van der Waals surface area (Å²) in [5.74, 6) is 6.04. The molecule has 4 heteroatoms. The Labute approximate surface area is 182 Å². The van der Waals surface area contributed by atoms with Crippen LogP contribution < -0.4 is 5.32 Å². The van der Waals surface area contributed by atoms with Crippen LogP contribution in [-0.2, 0) is 11.2 Å². The van der Waals surface area contributed by atoms with E-state index in [2.05, 4.69) is 41.4 Å². The first-order valence-electron chi connectivity index (χ1n) is 10.5. The second-order valence-electron chi connectivity index (χ2n) is 7.50. The zero-order valence-electron chi connectivity index (χ0n) is 17.3. The molecule has 1 aliphatic carbocycles. The van der Waals surface area contributed by atoms with Crippen LogP contribution in [0.25, 0.3) is 11.1 Å². The molecule has 3 aromatic carbocycles. The number of carbonyl (C=O) groups excluding carboxylic acids is 1. The molecule has 4 nitrogen and oxygen atoms in total. The second kappa shape index (κ2) is 9.97. The predicted octanol–water partition coefficient (Wildman–Crippen LogP) is 4.50. The van der Waals surface area contributed by atoms with Crippen LogP contribution in [0.4, 0.5) is 4.79 Å². The highest BCUT2D eigenvalue weighted by Gasteiger charge is 2.28. The molecule has 0 atom stereocenters. The summed E-state index contributed by atoms with van der Waals surface area (Å²) < 4.78 is 5.51. The molecule has 31 heavy (non-hydrogen) atoms. The van der Waals surface area contributed by atoms with E-state index in [1.165, 1.54) is 27.8 Å². The molecule has 0 aliphatic heterocycles. The molecule has 1 amide bonds. The van der Waals surface area contributed by atoms with E-state index in [-0.39, 0.29) is 19.1 Å². The fourth-order valence-corrected chi connectivity index (χ4v) is 3.95. The average molecular weight is 412 g/mol. The maximum absolute atomic E-state index is 12.2. The summed E-state index contributed by atoms with van der Waals surface area (Å²) in [6.07, 6.45) is 1.15. The predicted molar refractivity (Wildman–Crippen MR) is 122 cm³/mol. The van der Waals surface area contributed by atoms with Gasteiger partial charge in [0.1, 0.15) is 6.61 Å². The van der Waals surface area contributed by atoms with Gasteiger partial charge in [-0.25, -0.2) is 4.79 Å². The van der Waals surface area contributed by atoms with Gasteiger partial charge in [-0.2, -0.15) is 0 Å². The van der Waals surface area contributed by atoms with Crippen LogP contribution in [0.3, 0.4) is 0 Å². The number of fused-ring (bicyclic) bond motifs is 3. The maximum atomic E-state index is 12.2. The molecule has 0 unspecified atom stereocenters. The van der Waals surface area contributed by atoms with Crippen molar-refractivity contribution < 1.29 is 14.6 Å². The van der Waals surface area contributed by atoms with E-state index >= 15 is 0 Å². The Morgan fingerprint density at radius 2 is 1.58 bits per heavy atom. The number of alkyl carbamates (subject to hydrolysis) is 1. The zero-order chi connectivity index (χ0) is 21.5. The third kappa shape index (κ3) is 4.96. The van der Waals surface area contributed by atoms with Crippen molar-refractivity contribution in [2.75, 3.05) is 19.8 Å². The van der Waals surface area contributed by atoms with E-state index in [9.17, 15) is 4.79 Å². The lowest BCUT2D eigenvalue weighted by Gasteiger charge is -2.14. The quantitative estimate of drug-likeness (QED) is 0.587. The molecular weight excluding hydrogens is 386 g/mol. The van der Waals surface area contributed by atoms with Crippen molar-refractivity contribution in [3.8, 4) is 23.0 Å². The molecule has 156 valence electrons. The third-order valence-corrected chi connectivity index (χ3v) is 5.48. The van der Waals surface area contributed by atoms with Gasteiger partial charge in [-0.15, -0.1) is 0 Å². The van der Waals surface area contributed by atoms with Crippen molar-refractivity contribution in [1.82, 2.24) is 5.32 Å². The minimum atomic E-state index is -0.462.